The fraction of sp³-hybridized carbons (Fsp3) is 0.556. The SMILES string of the molecule is O=C(O)CC1CN(C(=O)C2CCCCN2S(=O)(=O)c2ccccc2)CCO1. The molecule has 0 bridgehead atoms. The molecule has 1 aromatic rings. The number of carboxylic acid groups (broad SMARTS) is 1. The molecule has 2 atom stereocenters. The van der Waals surface area contributed by atoms with E-state index in [4.69, 9.17) is 9.84 Å². The second-order valence-corrected chi connectivity index (χ2v) is 8.71. The second-order valence-electron chi connectivity index (χ2n) is 6.82. The average Bonchev–Trinajstić information content (AvgIpc) is 2.68. The Morgan fingerprint density at radius 1 is 1.15 bits per heavy atom. The van der Waals surface area contributed by atoms with Crippen molar-refractivity contribution in [2.75, 3.05) is 26.2 Å². The highest BCUT2D eigenvalue weighted by molar-refractivity contribution is 7.89. The van der Waals surface area contributed by atoms with E-state index in [1.807, 2.05) is 0 Å². The molecule has 2 unspecified atom stereocenters. The highest BCUT2D eigenvalue weighted by Crippen LogP contribution is 2.27. The molecule has 1 N–H and O–H groups in total. The van der Waals surface area contributed by atoms with Crippen molar-refractivity contribution in [1.29, 1.82) is 0 Å². The van der Waals surface area contributed by atoms with Crippen molar-refractivity contribution >= 4 is 21.9 Å². The largest absolute Gasteiger partial charge is 0.481 e. The van der Waals surface area contributed by atoms with Gasteiger partial charge in [-0.05, 0) is 25.0 Å². The predicted molar refractivity (Wildman–Crippen MR) is 96.5 cm³/mol. The van der Waals surface area contributed by atoms with Crippen molar-refractivity contribution in [2.45, 2.75) is 42.7 Å². The number of nitrogens with zero attached hydrogens (tertiary/aromatic N) is 2. The number of benzene rings is 1. The summed E-state index contributed by atoms with van der Waals surface area (Å²) in [5.41, 5.74) is 0. The van der Waals surface area contributed by atoms with Crippen LogP contribution in [-0.4, -0.2) is 73.0 Å². The van der Waals surface area contributed by atoms with E-state index in [1.165, 1.54) is 16.4 Å². The fourth-order valence-corrected chi connectivity index (χ4v) is 5.29. The minimum absolute atomic E-state index is 0.168. The molecule has 8 nitrogen and oxygen atoms in total. The molecule has 2 aliphatic heterocycles. The third-order valence-electron chi connectivity index (χ3n) is 4.94. The van der Waals surface area contributed by atoms with Crippen LogP contribution in [0, 0.1) is 0 Å². The topological polar surface area (TPSA) is 104 Å². The molecular formula is C18H24N2O6S. The predicted octanol–water partition coefficient (Wildman–Crippen LogP) is 0.932. The van der Waals surface area contributed by atoms with E-state index in [-0.39, 0.29) is 30.4 Å². The molecule has 3 rings (SSSR count). The summed E-state index contributed by atoms with van der Waals surface area (Å²) in [5, 5.41) is 8.94. The zero-order valence-electron chi connectivity index (χ0n) is 15.0. The van der Waals surface area contributed by atoms with Crippen molar-refractivity contribution in [3.63, 3.8) is 0 Å². The van der Waals surface area contributed by atoms with Crippen LogP contribution in [-0.2, 0) is 24.3 Å². The van der Waals surface area contributed by atoms with Crippen LogP contribution >= 0.6 is 0 Å². The number of rotatable bonds is 5. The zero-order valence-corrected chi connectivity index (χ0v) is 15.8. The third kappa shape index (κ3) is 4.48. The minimum atomic E-state index is -3.77. The van der Waals surface area contributed by atoms with Gasteiger partial charge in [-0.3, -0.25) is 9.59 Å². The number of piperidine rings is 1. The summed E-state index contributed by atoms with van der Waals surface area (Å²) < 4.78 is 32.8. The van der Waals surface area contributed by atoms with E-state index in [2.05, 4.69) is 0 Å². The maximum Gasteiger partial charge on any atom is 0.306 e. The number of hydrogen-bond acceptors (Lipinski definition) is 5. The van der Waals surface area contributed by atoms with E-state index in [0.717, 1.165) is 6.42 Å². The number of ether oxygens (including phenoxy) is 1. The van der Waals surface area contributed by atoms with E-state index in [9.17, 15) is 18.0 Å². The van der Waals surface area contributed by atoms with Crippen molar-refractivity contribution < 1.29 is 27.9 Å². The van der Waals surface area contributed by atoms with E-state index >= 15 is 0 Å². The van der Waals surface area contributed by atoms with Crippen LogP contribution in [0.2, 0.25) is 0 Å². The summed E-state index contributed by atoms with van der Waals surface area (Å²) in [7, 11) is -3.77. The lowest BCUT2D eigenvalue weighted by Gasteiger charge is -2.39. The lowest BCUT2D eigenvalue weighted by molar-refractivity contribution is -0.150. The molecule has 27 heavy (non-hydrogen) atoms. The molecule has 2 aliphatic rings. The zero-order chi connectivity index (χ0) is 19.4. The van der Waals surface area contributed by atoms with Gasteiger partial charge in [0.25, 0.3) is 0 Å². The Hall–Kier alpha value is -1.97. The molecule has 2 saturated heterocycles. The first-order chi connectivity index (χ1) is 12.9. The quantitative estimate of drug-likeness (QED) is 0.794. The Kier molecular flexibility index (Phi) is 6.13. The summed E-state index contributed by atoms with van der Waals surface area (Å²) in [5.74, 6) is -1.26. The van der Waals surface area contributed by atoms with Gasteiger partial charge in [0, 0.05) is 19.6 Å². The summed E-state index contributed by atoms with van der Waals surface area (Å²) in [4.78, 5) is 25.7. The maximum atomic E-state index is 13.1. The molecule has 1 amide bonds. The first kappa shape index (κ1) is 19.8. The van der Waals surface area contributed by atoms with Crippen molar-refractivity contribution in [3.05, 3.63) is 30.3 Å². The summed E-state index contributed by atoms with van der Waals surface area (Å²) in [6.07, 6.45) is 1.20. The number of sulfonamides is 1. The standard InChI is InChI=1S/C18H24N2O6S/c21-17(22)12-14-13-19(10-11-26-14)18(23)16-8-4-5-9-20(16)27(24,25)15-6-2-1-3-7-15/h1-3,6-7,14,16H,4-5,8-13H2,(H,21,22). The number of carbonyl (C=O) groups is 2. The summed E-state index contributed by atoms with van der Waals surface area (Å²) in [6.45, 7) is 1.06. The fourth-order valence-electron chi connectivity index (χ4n) is 3.62. The van der Waals surface area contributed by atoms with Gasteiger partial charge in [-0.1, -0.05) is 24.6 Å². The van der Waals surface area contributed by atoms with E-state index in [0.29, 0.717) is 25.9 Å². The summed E-state index contributed by atoms with van der Waals surface area (Å²) in [6, 6.07) is 7.37. The van der Waals surface area contributed by atoms with Gasteiger partial charge in [0.05, 0.1) is 24.0 Å². The molecule has 0 aliphatic carbocycles. The van der Waals surface area contributed by atoms with Gasteiger partial charge in [0.1, 0.15) is 6.04 Å². The van der Waals surface area contributed by atoms with Gasteiger partial charge in [-0.2, -0.15) is 4.31 Å². The molecule has 0 radical (unpaired) electrons. The highest BCUT2D eigenvalue weighted by atomic mass is 32.2. The molecule has 2 fully saturated rings. The van der Waals surface area contributed by atoms with Gasteiger partial charge >= 0.3 is 5.97 Å². The Bertz CT molecular complexity index is 782. The van der Waals surface area contributed by atoms with Crippen molar-refractivity contribution in [3.8, 4) is 0 Å². The average molecular weight is 396 g/mol. The summed E-state index contributed by atoms with van der Waals surface area (Å²) >= 11 is 0. The van der Waals surface area contributed by atoms with Gasteiger partial charge < -0.3 is 14.7 Å². The molecule has 1 aromatic carbocycles. The normalized spacial score (nSPS) is 24.5. The second kappa shape index (κ2) is 8.37. The van der Waals surface area contributed by atoms with E-state index in [1.54, 1.807) is 23.1 Å². The lowest BCUT2D eigenvalue weighted by Crippen LogP contribution is -2.56. The number of morpholine rings is 1. The minimum Gasteiger partial charge on any atom is -0.481 e. The molecular weight excluding hydrogens is 372 g/mol. The highest BCUT2D eigenvalue weighted by Gasteiger charge is 2.40. The van der Waals surface area contributed by atoms with Crippen molar-refractivity contribution in [2.24, 2.45) is 0 Å². The Morgan fingerprint density at radius 3 is 2.59 bits per heavy atom. The van der Waals surface area contributed by atoms with Crippen LogP contribution in [0.25, 0.3) is 0 Å². The molecule has 0 spiro atoms. The van der Waals surface area contributed by atoms with Gasteiger partial charge in [-0.15, -0.1) is 0 Å². The lowest BCUT2D eigenvalue weighted by atomic mass is 10.0. The van der Waals surface area contributed by atoms with Crippen LogP contribution < -0.4 is 0 Å². The third-order valence-corrected chi connectivity index (χ3v) is 6.86. The van der Waals surface area contributed by atoms with Gasteiger partial charge in [0.2, 0.25) is 15.9 Å². The van der Waals surface area contributed by atoms with Crippen molar-refractivity contribution in [1.82, 2.24) is 9.21 Å². The van der Waals surface area contributed by atoms with Gasteiger partial charge in [-0.25, -0.2) is 8.42 Å². The Morgan fingerprint density at radius 2 is 1.89 bits per heavy atom. The number of carbonyl (C=O) groups excluding carboxylic acids is 1. The Labute approximate surface area is 158 Å². The van der Waals surface area contributed by atoms with Crippen LogP contribution in [0.1, 0.15) is 25.7 Å². The maximum absolute atomic E-state index is 13.1. The number of carboxylic acids is 1. The smallest absolute Gasteiger partial charge is 0.306 e. The monoisotopic (exact) mass is 396 g/mol. The molecule has 0 saturated carbocycles. The van der Waals surface area contributed by atoms with Crippen LogP contribution in [0.15, 0.2) is 35.2 Å². The Balaban J connectivity index is 1.79. The molecule has 0 aromatic heterocycles. The molecule has 2 heterocycles. The van der Waals surface area contributed by atoms with Gasteiger partial charge in [0.15, 0.2) is 0 Å². The molecule has 9 heteroatoms. The van der Waals surface area contributed by atoms with E-state index < -0.39 is 28.1 Å². The molecule has 148 valence electrons. The first-order valence-electron chi connectivity index (χ1n) is 9.08. The number of hydrogen-bond donors (Lipinski definition) is 1. The first-order valence-corrected chi connectivity index (χ1v) is 10.5. The van der Waals surface area contributed by atoms with Crippen LogP contribution in [0.4, 0.5) is 0 Å². The van der Waals surface area contributed by atoms with Crippen LogP contribution in [0.5, 0.6) is 0 Å². The number of amides is 1. The van der Waals surface area contributed by atoms with Crippen LogP contribution in [0.3, 0.4) is 0 Å². The number of aliphatic carboxylic acids is 1.